The maximum Gasteiger partial charge on any atom is 0.149 e. The molecule has 0 saturated heterocycles. The zero-order chi connectivity index (χ0) is 11.5. The van der Waals surface area contributed by atoms with Crippen LogP contribution in [0.2, 0.25) is 0 Å². The second-order valence-electron chi connectivity index (χ2n) is 3.61. The summed E-state index contributed by atoms with van der Waals surface area (Å²) in [6.07, 6.45) is 1.92. The maximum atomic E-state index is 5.49. The van der Waals surface area contributed by atoms with E-state index in [-0.39, 0.29) is 5.60 Å². The van der Waals surface area contributed by atoms with Crippen LogP contribution in [0.4, 0.5) is 0 Å². The Bertz CT molecular complexity index is 312. The van der Waals surface area contributed by atoms with Gasteiger partial charge in [-0.3, -0.25) is 0 Å². The van der Waals surface area contributed by atoms with E-state index in [4.69, 9.17) is 4.74 Å². The van der Waals surface area contributed by atoms with E-state index >= 15 is 0 Å². The van der Waals surface area contributed by atoms with Gasteiger partial charge in [0.25, 0.3) is 0 Å². The molecular weight excluding hydrogens is 276 g/mol. The number of rotatable bonds is 5. The molecule has 1 rings (SSSR count). The lowest BCUT2D eigenvalue weighted by Gasteiger charge is -2.22. The molecule has 1 heterocycles. The van der Waals surface area contributed by atoms with Crippen LogP contribution in [0.1, 0.15) is 48.5 Å². The van der Waals surface area contributed by atoms with Gasteiger partial charge < -0.3 is 4.74 Å². The highest BCUT2D eigenvalue weighted by atomic mass is 79.9. The van der Waals surface area contributed by atoms with Gasteiger partial charge in [0.1, 0.15) is 15.6 Å². The van der Waals surface area contributed by atoms with Crippen LogP contribution in [0.15, 0.2) is 0 Å². The van der Waals surface area contributed by atoms with Crippen LogP contribution in [0, 0.1) is 0 Å². The molecule has 0 radical (unpaired) electrons. The summed E-state index contributed by atoms with van der Waals surface area (Å²) in [6.45, 7) is 6.26. The number of nitrogens with zero attached hydrogens (tertiary/aromatic N) is 2. The molecule has 2 atom stereocenters. The Labute approximate surface area is 103 Å². The fourth-order valence-electron chi connectivity index (χ4n) is 1.13. The van der Waals surface area contributed by atoms with Crippen molar-refractivity contribution < 1.29 is 4.74 Å². The minimum absolute atomic E-state index is 0.295. The number of halogens is 1. The van der Waals surface area contributed by atoms with E-state index in [1.807, 2.05) is 6.92 Å². The van der Waals surface area contributed by atoms with E-state index in [0.29, 0.717) is 4.83 Å². The molecule has 0 saturated carbocycles. The Hall–Kier alpha value is -0.0000000000000000555. The minimum Gasteiger partial charge on any atom is -0.371 e. The largest absolute Gasteiger partial charge is 0.371 e. The normalized spacial score (nSPS) is 17.4. The van der Waals surface area contributed by atoms with Crippen molar-refractivity contribution in [1.29, 1.82) is 0 Å². The standard InChI is InChI=1S/C10H17BrN2OS/c1-5-7(11)8-12-13-9(15-8)10(3,6-2)14-4/h7H,5-6H2,1-4H3. The molecule has 1 aromatic rings. The quantitative estimate of drug-likeness (QED) is 0.777. The maximum absolute atomic E-state index is 5.49. The Morgan fingerprint density at radius 3 is 2.60 bits per heavy atom. The Kier molecular flexibility index (Phi) is 4.67. The van der Waals surface area contributed by atoms with E-state index in [9.17, 15) is 0 Å². The zero-order valence-electron chi connectivity index (χ0n) is 9.58. The van der Waals surface area contributed by atoms with E-state index in [1.54, 1.807) is 18.4 Å². The summed E-state index contributed by atoms with van der Waals surface area (Å²) in [5, 5.41) is 10.4. The van der Waals surface area contributed by atoms with Crippen LogP contribution >= 0.6 is 27.3 Å². The number of hydrogen-bond acceptors (Lipinski definition) is 4. The highest BCUT2D eigenvalue weighted by Gasteiger charge is 2.29. The first-order chi connectivity index (χ1) is 7.07. The number of methoxy groups -OCH3 is 1. The highest BCUT2D eigenvalue weighted by Crippen LogP contribution is 2.35. The summed E-state index contributed by atoms with van der Waals surface area (Å²) in [6, 6.07) is 0. The molecule has 15 heavy (non-hydrogen) atoms. The van der Waals surface area contributed by atoms with Crippen LogP contribution in [-0.2, 0) is 10.3 Å². The summed E-state index contributed by atoms with van der Waals surface area (Å²) < 4.78 is 5.49. The van der Waals surface area contributed by atoms with Crippen LogP contribution in [-0.4, -0.2) is 17.3 Å². The van der Waals surface area contributed by atoms with E-state index in [0.717, 1.165) is 22.9 Å². The topological polar surface area (TPSA) is 35.0 Å². The van der Waals surface area contributed by atoms with Gasteiger partial charge in [0.2, 0.25) is 0 Å². The van der Waals surface area contributed by atoms with Crippen molar-refractivity contribution in [1.82, 2.24) is 10.2 Å². The molecule has 2 unspecified atom stereocenters. The molecule has 0 aliphatic carbocycles. The van der Waals surface area contributed by atoms with Gasteiger partial charge in [0.05, 0.1) is 4.83 Å². The van der Waals surface area contributed by atoms with E-state index < -0.39 is 0 Å². The van der Waals surface area contributed by atoms with Crippen molar-refractivity contribution in [3.63, 3.8) is 0 Å². The third-order valence-electron chi connectivity index (χ3n) is 2.64. The molecule has 0 spiro atoms. The second-order valence-corrected chi connectivity index (χ2v) is 5.72. The number of alkyl halides is 1. The third kappa shape index (κ3) is 2.77. The first-order valence-electron chi connectivity index (χ1n) is 5.10. The predicted molar refractivity (Wildman–Crippen MR) is 66.5 cm³/mol. The minimum atomic E-state index is -0.295. The van der Waals surface area contributed by atoms with Crippen LogP contribution in [0.5, 0.6) is 0 Å². The molecular formula is C10H17BrN2OS. The van der Waals surface area contributed by atoms with E-state index in [2.05, 4.69) is 40.0 Å². The van der Waals surface area contributed by atoms with Crippen LogP contribution in [0.25, 0.3) is 0 Å². The van der Waals surface area contributed by atoms with Gasteiger partial charge in [-0.25, -0.2) is 0 Å². The highest BCUT2D eigenvalue weighted by molar-refractivity contribution is 9.09. The van der Waals surface area contributed by atoms with Gasteiger partial charge in [-0.2, -0.15) is 0 Å². The molecule has 0 aromatic carbocycles. The lowest BCUT2D eigenvalue weighted by molar-refractivity contribution is -0.00207. The van der Waals surface area contributed by atoms with Gasteiger partial charge in [-0.1, -0.05) is 41.1 Å². The first kappa shape index (κ1) is 13.1. The summed E-state index contributed by atoms with van der Waals surface area (Å²) in [7, 11) is 1.72. The van der Waals surface area contributed by atoms with Gasteiger partial charge in [-0.05, 0) is 19.8 Å². The van der Waals surface area contributed by atoms with Crippen molar-refractivity contribution in [2.75, 3.05) is 7.11 Å². The second kappa shape index (κ2) is 5.37. The van der Waals surface area contributed by atoms with Crippen molar-refractivity contribution in [3.05, 3.63) is 10.0 Å². The molecule has 0 N–H and O–H groups in total. The Morgan fingerprint density at radius 2 is 2.13 bits per heavy atom. The first-order valence-corrected chi connectivity index (χ1v) is 6.83. The number of hydrogen-bond donors (Lipinski definition) is 0. The van der Waals surface area contributed by atoms with Crippen LogP contribution in [0.3, 0.4) is 0 Å². The van der Waals surface area contributed by atoms with E-state index in [1.165, 1.54) is 0 Å². The molecule has 5 heteroatoms. The summed E-state index contributed by atoms with van der Waals surface area (Å²) in [5.41, 5.74) is -0.295. The fraction of sp³-hybridized carbons (Fsp3) is 0.800. The van der Waals surface area contributed by atoms with Crippen molar-refractivity contribution in [2.24, 2.45) is 0 Å². The summed E-state index contributed by atoms with van der Waals surface area (Å²) >= 11 is 5.20. The third-order valence-corrected chi connectivity index (χ3v) is 5.31. The number of ether oxygens (including phenoxy) is 1. The molecule has 0 fully saturated rings. The Morgan fingerprint density at radius 1 is 1.47 bits per heavy atom. The molecule has 1 aromatic heterocycles. The SMILES string of the molecule is CCC(Br)c1nnc(C(C)(CC)OC)s1. The molecule has 0 aliphatic heterocycles. The van der Waals surface area contributed by atoms with Crippen molar-refractivity contribution in [2.45, 2.75) is 44.0 Å². The van der Waals surface area contributed by atoms with Crippen molar-refractivity contribution >= 4 is 27.3 Å². The van der Waals surface area contributed by atoms with Crippen LogP contribution < -0.4 is 0 Å². The van der Waals surface area contributed by atoms with Gasteiger partial charge >= 0.3 is 0 Å². The molecule has 0 amide bonds. The summed E-state index contributed by atoms with van der Waals surface area (Å²) in [4.78, 5) is 0.307. The summed E-state index contributed by atoms with van der Waals surface area (Å²) in [5.74, 6) is 0. The predicted octanol–water partition coefficient (Wildman–Crippen LogP) is 3.66. The molecule has 0 aliphatic rings. The fourth-order valence-corrected chi connectivity index (χ4v) is 2.60. The molecule has 0 bridgehead atoms. The van der Waals surface area contributed by atoms with Crippen molar-refractivity contribution in [3.8, 4) is 0 Å². The van der Waals surface area contributed by atoms with Gasteiger partial charge in [0.15, 0.2) is 0 Å². The lowest BCUT2D eigenvalue weighted by Crippen LogP contribution is -2.22. The Balaban J connectivity index is 2.92. The smallest absolute Gasteiger partial charge is 0.149 e. The average molecular weight is 293 g/mol. The molecule has 86 valence electrons. The zero-order valence-corrected chi connectivity index (χ0v) is 12.0. The van der Waals surface area contributed by atoms with Gasteiger partial charge in [-0.15, -0.1) is 10.2 Å². The monoisotopic (exact) mass is 292 g/mol. The molecule has 3 nitrogen and oxygen atoms in total. The lowest BCUT2D eigenvalue weighted by atomic mass is 10.1. The average Bonchev–Trinajstić information content (AvgIpc) is 2.76. The number of aromatic nitrogens is 2. The van der Waals surface area contributed by atoms with Gasteiger partial charge in [0, 0.05) is 7.11 Å².